The fourth-order valence-corrected chi connectivity index (χ4v) is 3.52. The molecule has 2 aromatic carbocycles. The summed E-state index contributed by atoms with van der Waals surface area (Å²) in [7, 11) is 1.65. The van der Waals surface area contributed by atoms with Crippen LogP contribution in [0.25, 0.3) is 28.2 Å². The number of nitrogens with one attached hydrogen (secondary N) is 1. The quantitative estimate of drug-likeness (QED) is 0.470. The Kier molecular flexibility index (Phi) is 4.47. The highest BCUT2D eigenvalue weighted by Crippen LogP contribution is 2.30. The molecule has 30 heavy (non-hydrogen) atoms. The van der Waals surface area contributed by atoms with Crippen molar-refractivity contribution in [3.63, 3.8) is 0 Å². The number of hydrogen-bond donors (Lipinski definition) is 1. The van der Waals surface area contributed by atoms with Gasteiger partial charge < -0.3 is 4.74 Å². The first-order valence-corrected chi connectivity index (χ1v) is 9.68. The van der Waals surface area contributed by atoms with E-state index in [4.69, 9.17) is 4.74 Å². The molecule has 0 bridgehead atoms. The molecule has 0 saturated heterocycles. The second kappa shape index (κ2) is 7.43. The smallest absolute Gasteiger partial charge is 0.218 e. The molecule has 0 atom stereocenters. The number of benzene rings is 2. The molecule has 0 spiro atoms. The van der Waals surface area contributed by atoms with E-state index in [-0.39, 0.29) is 0 Å². The van der Waals surface area contributed by atoms with Crippen molar-refractivity contribution in [2.75, 3.05) is 7.11 Å². The van der Waals surface area contributed by atoms with Crippen LogP contribution in [0.4, 0.5) is 0 Å². The highest BCUT2D eigenvalue weighted by molar-refractivity contribution is 5.80. The number of aromatic nitrogens is 8. The summed E-state index contributed by atoms with van der Waals surface area (Å²) in [6, 6.07) is 16.5. The molecular formula is C21H20N8O. The van der Waals surface area contributed by atoms with Crippen LogP contribution in [-0.2, 0) is 13.0 Å². The molecule has 0 saturated carbocycles. The third-order valence-corrected chi connectivity index (χ3v) is 5.04. The Balaban J connectivity index is 1.46. The molecule has 0 aliphatic heterocycles. The second-order valence-corrected chi connectivity index (χ2v) is 6.88. The van der Waals surface area contributed by atoms with E-state index >= 15 is 0 Å². The lowest BCUT2D eigenvalue weighted by Gasteiger charge is -2.09. The highest BCUT2D eigenvalue weighted by atomic mass is 16.5. The summed E-state index contributed by atoms with van der Waals surface area (Å²) in [6.07, 6.45) is 2.70. The first-order valence-electron chi connectivity index (χ1n) is 9.68. The maximum Gasteiger partial charge on any atom is 0.218 e. The topological polar surface area (TPSA) is 98.8 Å². The van der Waals surface area contributed by atoms with Crippen LogP contribution in [-0.4, -0.2) is 47.1 Å². The van der Waals surface area contributed by atoms with Crippen LogP contribution >= 0.6 is 0 Å². The summed E-state index contributed by atoms with van der Waals surface area (Å²) >= 11 is 0. The van der Waals surface area contributed by atoms with E-state index in [2.05, 4.69) is 61.0 Å². The normalized spacial score (nSPS) is 11.3. The van der Waals surface area contributed by atoms with Crippen molar-refractivity contribution in [2.45, 2.75) is 19.9 Å². The van der Waals surface area contributed by atoms with Crippen molar-refractivity contribution in [3.8, 4) is 28.3 Å². The van der Waals surface area contributed by atoms with E-state index in [9.17, 15) is 0 Å². The molecule has 150 valence electrons. The second-order valence-electron chi connectivity index (χ2n) is 6.88. The zero-order valence-corrected chi connectivity index (χ0v) is 16.6. The van der Waals surface area contributed by atoms with Gasteiger partial charge in [0.25, 0.3) is 0 Å². The van der Waals surface area contributed by atoms with Crippen LogP contribution < -0.4 is 4.74 Å². The van der Waals surface area contributed by atoms with Gasteiger partial charge in [0.2, 0.25) is 5.65 Å². The van der Waals surface area contributed by atoms with Crippen LogP contribution in [0.1, 0.15) is 18.3 Å². The van der Waals surface area contributed by atoms with Gasteiger partial charge in [0.05, 0.1) is 19.9 Å². The Labute approximate surface area is 172 Å². The Morgan fingerprint density at radius 3 is 2.53 bits per heavy atom. The van der Waals surface area contributed by atoms with Crippen molar-refractivity contribution in [1.29, 1.82) is 0 Å². The minimum absolute atomic E-state index is 0.648. The van der Waals surface area contributed by atoms with Crippen LogP contribution in [0.3, 0.4) is 0 Å². The molecular weight excluding hydrogens is 380 g/mol. The number of fused-ring (bicyclic) bond motifs is 1. The van der Waals surface area contributed by atoms with Gasteiger partial charge in [-0.25, -0.2) is 10.1 Å². The molecule has 0 aliphatic rings. The first-order chi connectivity index (χ1) is 14.8. The molecule has 0 aliphatic carbocycles. The molecule has 3 aromatic heterocycles. The van der Waals surface area contributed by atoms with Crippen molar-refractivity contribution >= 4 is 5.65 Å². The lowest BCUT2D eigenvalue weighted by molar-refractivity contribution is 0.417. The van der Waals surface area contributed by atoms with E-state index in [1.165, 1.54) is 0 Å². The average molecular weight is 400 g/mol. The van der Waals surface area contributed by atoms with E-state index in [1.54, 1.807) is 11.7 Å². The molecule has 5 rings (SSSR count). The average Bonchev–Trinajstić information content (AvgIpc) is 3.52. The predicted octanol–water partition coefficient (Wildman–Crippen LogP) is 3.00. The number of tetrazole rings is 1. The van der Waals surface area contributed by atoms with Crippen molar-refractivity contribution in [1.82, 2.24) is 40.0 Å². The Morgan fingerprint density at radius 1 is 1.03 bits per heavy atom. The SMILES string of the molecule is CCc1nc2c(OC)cn(Cc3ccc(-c4ccccc4-c4nnn[nH]4)cc3)n2n1. The van der Waals surface area contributed by atoms with Gasteiger partial charge in [-0.3, -0.25) is 4.68 Å². The third kappa shape index (κ3) is 3.10. The summed E-state index contributed by atoms with van der Waals surface area (Å²) in [5.41, 5.74) is 5.00. The Morgan fingerprint density at radius 2 is 1.83 bits per heavy atom. The van der Waals surface area contributed by atoms with Crippen molar-refractivity contribution in [2.24, 2.45) is 0 Å². The lowest BCUT2D eigenvalue weighted by Crippen LogP contribution is -2.07. The number of aromatic amines is 1. The predicted molar refractivity (Wildman–Crippen MR) is 111 cm³/mol. The number of ether oxygens (including phenoxy) is 1. The van der Waals surface area contributed by atoms with Gasteiger partial charge in [0.15, 0.2) is 17.4 Å². The van der Waals surface area contributed by atoms with Gasteiger partial charge in [0, 0.05) is 12.0 Å². The molecule has 3 heterocycles. The minimum atomic E-state index is 0.648. The van der Waals surface area contributed by atoms with Gasteiger partial charge in [0.1, 0.15) is 0 Å². The number of rotatable bonds is 6. The molecule has 0 fully saturated rings. The monoisotopic (exact) mass is 400 g/mol. The van der Waals surface area contributed by atoms with Gasteiger partial charge in [-0.2, -0.15) is 0 Å². The molecule has 0 unspecified atom stereocenters. The van der Waals surface area contributed by atoms with Gasteiger partial charge in [-0.1, -0.05) is 55.5 Å². The van der Waals surface area contributed by atoms with E-state index in [0.29, 0.717) is 18.1 Å². The van der Waals surface area contributed by atoms with E-state index < -0.39 is 0 Å². The minimum Gasteiger partial charge on any atom is -0.491 e. The molecule has 1 N–H and O–H groups in total. The largest absolute Gasteiger partial charge is 0.491 e. The summed E-state index contributed by atoms with van der Waals surface area (Å²) in [4.78, 5) is 4.54. The summed E-state index contributed by atoms with van der Waals surface area (Å²) in [6.45, 7) is 2.69. The standard InChI is InChI=1S/C21H20N8O/c1-3-19-22-21-18(30-2)13-28(29(21)25-19)12-14-8-10-15(11-9-14)16-6-4-5-7-17(16)20-23-26-27-24-20/h4-11,13H,3,12H2,1-2H3,(H,23,24,26,27). The van der Waals surface area contributed by atoms with Crippen LogP contribution in [0.15, 0.2) is 54.7 Å². The van der Waals surface area contributed by atoms with Crippen LogP contribution in [0.2, 0.25) is 0 Å². The third-order valence-electron chi connectivity index (χ3n) is 5.04. The zero-order valence-electron chi connectivity index (χ0n) is 16.6. The highest BCUT2D eigenvalue weighted by Gasteiger charge is 2.14. The van der Waals surface area contributed by atoms with Crippen LogP contribution in [0.5, 0.6) is 5.75 Å². The Bertz CT molecular complexity index is 1280. The summed E-state index contributed by atoms with van der Waals surface area (Å²) in [5.74, 6) is 2.16. The van der Waals surface area contributed by atoms with Crippen molar-refractivity contribution < 1.29 is 4.74 Å². The van der Waals surface area contributed by atoms with Gasteiger partial charge >= 0.3 is 0 Å². The Hall–Kier alpha value is -4.01. The maximum absolute atomic E-state index is 5.47. The molecule has 0 radical (unpaired) electrons. The molecule has 9 nitrogen and oxygen atoms in total. The number of aryl methyl sites for hydroxylation is 1. The first kappa shape index (κ1) is 18.0. The summed E-state index contributed by atoms with van der Waals surface area (Å²) in [5, 5.41) is 18.8. The van der Waals surface area contributed by atoms with Crippen LogP contribution in [0, 0.1) is 0 Å². The number of hydrogen-bond acceptors (Lipinski definition) is 6. The van der Waals surface area contributed by atoms with Gasteiger partial charge in [-0.15, -0.1) is 14.8 Å². The maximum atomic E-state index is 5.47. The van der Waals surface area contributed by atoms with E-state index in [1.807, 2.05) is 36.0 Å². The van der Waals surface area contributed by atoms with Gasteiger partial charge in [-0.05, 0) is 27.1 Å². The number of nitrogens with zero attached hydrogens (tertiary/aromatic N) is 7. The zero-order chi connectivity index (χ0) is 20.5. The molecule has 5 aromatic rings. The number of methoxy groups -OCH3 is 1. The summed E-state index contributed by atoms with van der Waals surface area (Å²) < 4.78 is 9.27. The fraction of sp³-hybridized carbons (Fsp3) is 0.190. The van der Waals surface area contributed by atoms with Crippen molar-refractivity contribution in [3.05, 3.63) is 66.1 Å². The number of H-pyrrole nitrogens is 1. The lowest BCUT2D eigenvalue weighted by atomic mass is 9.98. The molecule has 0 amide bonds. The molecule has 9 heteroatoms. The fourth-order valence-electron chi connectivity index (χ4n) is 3.52. The van der Waals surface area contributed by atoms with E-state index in [0.717, 1.165) is 40.1 Å².